The second kappa shape index (κ2) is 13.3. The first-order valence-electron chi connectivity index (χ1n) is 13.3. The maximum atomic E-state index is 12.6. The Kier molecular flexibility index (Phi) is 10.4. The number of halogens is 3. The number of hydrogen-bond acceptors (Lipinski definition) is 0. The number of allylic oxidation sites excluding steroid dienone is 2. The lowest BCUT2D eigenvalue weighted by molar-refractivity contribution is -0.137. The summed E-state index contributed by atoms with van der Waals surface area (Å²) in [6.07, 6.45) is 19.3. The van der Waals surface area contributed by atoms with Crippen LogP contribution in [0.25, 0.3) is 0 Å². The Balaban J connectivity index is 1.30. The molecule has 3 heteroatoms. The first-order chi connectivity index (χ1) is 15.9. The monoisotopic (exact) mass is 458 g/mol. The number of hydrogen-bond donors (Lipinski definition) is 0. The van der Waals surface area contributed by atoms with Gasteiger partial charge < -0.3 is 0 Å². The van der Waals surface area contributed by atoms with Crippen molar-refractivity contribution >= 4 is 0 Å². The molecule has 2 saturated carbocycles. The maximum Gasteiger partial charge on any atom is 0.416 e. The van der Waals surface area contributed by atoms with Crippen LogP contribution in [-0.4, -0.2) is 0 Å². The molecule has 33 heavy (non-hydrogen) atoms. The number of alkyl halides is 3. The smallest absolute Gasteiger partial charge is 0.166 e. The van der Waals surface area contributed by atoms with Gasteiger partial charge in [-0.05, 0) is 79.7 Å². The highest BCUT2D eigenvalue weighted by Gasteiger charge is 2.29. The third-order valence-corrected chi connectivity index (χ3v) is 7.94. The Bertz CT molecular complexity index is 761. The lowest BCUT2D eigenvalue weighted by Gasteiger charge is -2.31. The zero-order valence-corrected chi connectivity index (χ0v) is 20.3. The standard InChI is InChI=1S/C30H41F3/c1-2-3-4-7-24-10-14-27(15-11-24)18-19-28-16-12-25(13-17-28)8-5-6-9-26-20-22-29(23-21-26)30(31,32)33/h5,8,20-25,27-28H,2-4,7,10-19H2,1H3/b8-5+/t24-,25?,27-,28?. The Morgan fingerprint density at radius 3 is 1.88 bits per heavy atom. The fourth-order valence-corrected chi connectivity index (χ4v) is 5.68. The molecular weight excluding hydrogens is 417 g/mol. The molecule has 0 nitrogen and oxygen atoms in total. The molecular formula is C30H41F3. The molecule has 0 bridgehead atoms. The first-order valence-corrected chi connectivity index (χ1v) is 13.3. The van der Waals surface area contributed by atoms with E-state index in [1.807, 2.05) is 6.08 Å². The van der Waals surface area contributed by atoms with Gasteiger partial charge in [-0.15, -0.1) is 0 Å². The van der Waals surface area contributed by atoms with Crippen molar-refractivity contribution in [2.45, 2.75) is 103 Å². The SMILES string of the molecule is CCCCC[C@H]1CC[C@H](CCC2CCC(/C=C/C#Cc3ccc(C(F)(F)F)cc3)CC2)CC1. The molecule has 0 spiro atoms. The highest BCUT2D eigenvalue weighted by atomic mass is 19.4. The molecule has 0 amide bonds. The average Bonchev–Trinajstić information content (AvgIpc) is 2.82. The fourth-order valence-electron chi connectivity index (χ4n) is 5.68. The van der Waals surface area contributed by atoms with E-state index in [9.17, 15) is 13.2 Å². The minimum absolute atomic E-state index is 0.599. The van der Waals surface area contributed by atoms with Crippen LogP contribution in [0.5, 0.6) is 0 Å². The highest BCUT2D eigenvalue weighted by molar-refractivity contribution is 5.39. The normalized spacial score (nSPS) is 26.2. The van der Waals surface area contributed by atoms with Gasteiger partial charge >= 0.3 is 6.18 Å². The molecule has 0 aliphatic heterocycles. The summed E-state index contributed by atoms with van der Waals surface area (Å²) in [5.41, 5.74) is -0.0122. The van der Waals surface area contributed by atoms with Gasteiger partial charge in [0.15, 0.2) is 0 Å². The van der Waals surface area contributed by atoms with E-state index in [0.717, 1.165) is 29.9 Å². The molecule has 0 aromatic heterocycles. The van der Waals surface area contributed by atoms with Gasteiger partial charge in [0.05, 0.1) is 5.56 Å². The summed E-state index contributed by atoms with van der Waals surface area (Å²) >= 11 is 0. The van der Waals surface area contributed by atoms with Crippen molar-refractivity contribution in [2.75, 3.05) is 0 Å². The average molecular weight is 459 g/mol. The zero-order valence-electron chi connectivity index (χ0n) is 20.3. The summed E-state index contributed by atoms with van der Waals surface area (Å²) in [5.74, 6) is 9.42. The van der Waals surface area contributed by atoms with Crippen LogP contribution in [0.15, 0.2) is 36.4 Å². The minimum Gasteiger partial charge on any atom is -0.166 e. The van der Waals surface area contributed by atoms with Crippen LogP contribution < -0.4 is 0 Å². The Morgan fingerprint density at radius 2 is 1.33 bits per heavy atom. The van der Waals surface area contributed by atoms with Gasteiger partial charge in [-0.1, -0.05) is 89.0 Å². The van der Waals surface area contributed by atoms with Gasteiger partial charge in [0.25, 0.3) is 0 Å². The molecule has 1 aromatic carbocycles. The quantitative estimate of drug-likeness (QED) is 0.269. The van der Waals surface area contributed by atoms with Crippen LogP contribution in [-0.2, 0) is 6.18 Å². The van der Waals surface area contributed by atoms with Crippen molar-refractivity contribution in [1.82, 2.24) is 0 Å². The molecule has 0 saturated heterocycles. The van der Waals surface area contributed by atoms with Crippen molar-refractivity contribution in [3.8, 4) is 11.8 Å². The first kappa shape index (κ1) is 25.9. The van der Waals surface area contributed by atoms with Gasteiger partial charge in [-0.3, -0.25) is 0 Å². The molecule has 1 aromatic rings. The molecule has 0 atom stereocenters. The van der Waals surface area contributed by atoms with Gasteiger partial charge in [0.2, 0.25) is 0 Å². The summed E-state index contributed by atoms with van der Waals surface area (Å²) in [7, 11) is 0. The van der Waals surface area contributed by atoms with Gasteiger partial charge in [0, 0.05) is 5.56 Å². The summed E-state index contributed by atoms with van der Waals surface area (Å²) in [4.78, 5) is 0. The van der Waals surface area contributed by atoms with Crippen molar-refractivity contribution in [2.24, 2.45) is 23.7 Å². The van der Waals surface area contributed by atoms with E-state index >= 15 is 0 Å². The predicted molar refractivity (Wildman–Crippen MR) is 132 cm³/mol. The Morgan fingerprint density at radius 1 is 0.788 bits per heavy atom. The van der Waals surface area contributed by atoms with E-state index in [4.69, 9.17) is 0 Å². The molecule has 0 N–H and O–H groups in total. The highest BCUT2D eigenvalue weighted by Crippen LogP contribution is 2.38. The van der Waals surface area contributed by atoms with E-state index in [0.29, 0.717) is 11.5 Å². The molecule has 3 rings (SSSR count). The van der Waals surface area contributed by atoms with Crippen LogP contribution in [0.4, 0.5) is 13.2 Å². The van der Waals surface area contributed by atoms with E-state index in [1.54, 1.807) is 0 Å². The second-order valence-electron chi connectivity index (χ2n) is 10.4. The van der Waals surface area contributed by atoms with Gasteiger partial charge in [0.1, 0.15) is 0 Å². The number of rotatable bonds is 8. The molecule has 2 aliphatic carbocycles. The van der Waals surface area contributed by atoms with E-state index in [1.165, 1.54) is 102 Å². The molecule has 0 radical (unpaired) electrons. The summed E-state index contributed by atoms with van der Waals surface area (Å²) in [6, 6.07) is 5.06. The van der Waals surface area contributed by atoms with Crippen molar-refractivity contribution in [3.63, 3.8) is 0 Å². The maximum absolute atomic E-state index is 12.6. The summed E-state index contributed by atoms with van der Waals surface area (Å²) in [5, 5.41) is 0. The largest absolute Gasteiger partial charge is 0.416 e. The molecule has 2 fully saturated rings. The van der Waals surface area contributed by atoms with Crippen LogP contribution >= 0.6 is 0 Å². The third-order valence-electron chi connectivity index (χ3n) is 7.94. The molecule has 0 heterocycles. The van der Waals surface area contributed by atoms with Crippen LogP contribution in [0.1, 0.15) is 108 Å². The fraction of sp³-hybridized carbons (Fsp3) is 0.667. The summed E-state index contributed by atoms with van der Waals surface area (Å²) in [6.45, 7) is 2.29. The predicted octanol–water partition coefficient (Wildman–Crippen LogP) is 9.59. The Labute approximate surface area is 199 Å². The molecule has 0 unspecified atom stereocenters. The summed E-state index contributed by atoms with van der Waals surface area (Å²) < 4.78 is 37.9. The van der Waals surface area contributed by atoms with Gasteiger partial charge in [-0.25, -0.2) is 0 Å². The van der Waals surface area contributed by atoms with E-state index < -0.39 is 11.7 Å². The molecule has 182 valence electrons. The van der Waals surface area contributed by atoms with Crippen molar-refractivity contribution in [1.29, 1.82) is 0 Å². The van der Waals surface area contributed by atoms with Crippen LogP contribution in [0.3, 0.4) is 0 Å². The number of benzene rings is 1. The van der Waals surface area contributed by atoms with Crippen LogP contribution in [0.2, 0.25) is 0 Å². The van der Waals surface area contributed by atoms with Crippen molar-refractivity contribution < 1.29 is 13.2 Å². The van der Waals surface area contributed by atoms with E-state index in [-0.39, 0.29) is 0 Å². The second-order valence-corrected chi connectivity index (χ2v) is 10.4. The number of unbranched alkanes of at least 4 members (excludes halogenated alkanes) is 2. The molecule has 2 aliphatic rings. The zero-order chi connectivity index (χ0) is 23.5. The van der Waals surface area contributed by atoms with Gasteiger partial charge in [-0.2, -0.15) is 13.2 Å². The lowest BCUT2D eigenvalue weighted by Crippen LogP contribution is -2.17. The lowest BCUT2D eigenvalue weighted by atomic mass is 9.75. The van der Waals surface area contributed by atoms with Crippen molar-refractivity contribution in [3.05, 3.63) is 47.5 Å². The van der Waals surface area contributed by atoms with E-state index in [2.05, 4.69) is 24.8 Å². The van der Waals surface area contributed by atoms with Crippen LogP contribution in [0, 0.1) is 35.5 Å². The Hall–Kier alpha value is -1.69. The third kappa shape index (κ3) is 9.23. The topological polar surface area (TPSA) is 0 Å². The minimum atomic E-state index is -4.29.